The molecule has 18 heavy (non-hydrogen) atoms. The van der Waals surface area contributed by atoms with Crippen LogP contribution in [0.5, 0.6) is 0 Å². The number of aromatic amines is 1. The lowest BCUT2D eigenvalue weighted by Crippen LogP contribution is -2.11. The highest BCUT2D eigenvalue weighted by Crippen LogP contribution is 2.16. The summed E-state index contributed by atoms with van der Waals surface area (Å²) in [4.78, 5) is 21.9. The minimum Gasteiger partial charge on any atom is -0.481 e. The standard InChI is InChI=1S/C12H13N3O3/c16-11(2-1-3-12(17)18)14-9-4-5-10-8(6-9)7-13-15-10/h4-7H,1-3H2,(H,13,15)(H,14,16)(H,17,18). The van der Waals surface area contributed by atoms with Crippen molar-refractivity contribution in [1.82, 2.24) is 10.2 Å². The molecular weight excluding hydrogens is 234 g/mol. The highest BCUT2D eigenvalue weighted by Gasteiger charge is 2.05. The topological polar surface area (TPSA) is 95.1 Å². The first-order chi connectivity index (χ1) is 8.65. The van der Waals surface area contributed by atoms with E-state index in [1.54, 1.807) is 12.3 Å². The smallest absolute Gasteiger partial charge is 0.303 e. The summed E-state index contributed by atoms with van der Waals surface area (Å²) in [5.41, 5.74) is 1.59. The minimum absolute atomic E-state index is 0.00812. The number of anilines is 1. The van der Waals surface area contributed by atoms with Crippen molar-refractivity contribution in [2.45, 2.75) is 19.3 Å². The van der Waals surface area contributed by atoms with E-state index in [0.29, 0.717) is 12.1 Å². The maximum Gasteiger partial charge on any atom is 0.303 e. The molecule has 0 saturated carbocycles. The number of carbonyl (C=O) groups excluding carboxylic acids is 1. The normalized spacial score (nSPS) is 10.4. The largest absolute Gasteiger partial charge is 0.481 e. The van der Waals surface area contributed by atoms with Crippen LogP contribution in [0.4, 0.5) is 5.69 Å². The second-order valence-corrected chi connectivity index (χ2v) is 3.97. The number of aromatic nitrogens is 2. The summed E-state index contributed by atoms with van der Waals surface area (Å²) in [6.07, 6.45) is 2.23. The Balaban J connectivity index is 1.91. The van der Waals surface area contributed by atoms with Crippen LogP contribution in [0.1, 0.15) is 19.3 Å². The molecule has 1 heterocycles. The number of H-pyrrole nitrogens is 1. The molecule has 94 valence electrons. The minimum atomic E-state index is -0.886. The van der Waals surface area contributed by atoms with E-state index in [0.717, 1.165) is 10.9 Å². The molecular formula is C12H13N3O3. The van der Waals surface area contributed by atoms with Crippen LogP contribution in [-0.4, -0.2) is 27.2 Å². The molecule has 1 aromatic heterocycles. The van der Waals surface area contributed by atoms with E-state index in [1.807, 2.05) is 12.1 Å². The van der Waals surface area contributed by atoms with Gasteiger partial charge >= 0.3 is 5.97 Å². The van der Waals surface area contributed by atoms with Gasteiger partial charge in [0, 0.05) is 23.9 Å². The summed E-state index contributed by atoms with van der Waals surface area (Å²) in [5.74, 6) is -1.07. The molecule has 0 radical (unpaired) electrons. The van der Waals surface area contributed by atoms with Crippen molar-refractivity contribution < 1.29 is 14.7 Å². The number of amides is 1. The molecule has 6 nitrogen and oxygen atoms in total. The molecule has 0 aliphatic rings. The lowest BCUT2D eigenvalue weighted by Gasteiger charge is -2.04. The number of hydrogen-bond donors (Lipinski definition) is 3. The molecule has 1 aromatic carbocycles. The maximum absolute atomic E-state index is 11.5. The summed E-state index contributed by atoms with van der Waals surface area (Å²) in [7, 11) is 0. The Morgan fingerprint density at radius 2 is 2.17 bits per heavy atom. The lowest BCUT2D eigenvalue weighted by molar-refractivity contribution is -0.137. The third-order valence-electron chi connectivity index (χ3n) is 2.52. The van der Waals surface area contributed by atoms with Gasteiger partial charge in [-0.25, -0.2) is 0 Å². The van der Waals surface area contributed by atoms with Crippen LogP contribution in [0.2, 0.25) is 0 Å². The number of fused-ring (bicyclic) bond motifs is 1. The van der Waals surface area contributed by atoms with Gasteiger partial charge in [-0.1, -0.05) is 0 Å². The summed E-state index contributed by atoms with van der Waals surface area (Å²) in [6.45, 7) is 0. The summed E-state index contributed by atoms with van der Waals surface area (Å²) in [5, 5.41) is 18.8. The second kappa shape index (κ2) is 5.31. The molecule has 0 atom stereocenters. The molecule has 0 bridgehead atoms. The van der Waals surface area contributed by atoms with Crippen molar-refractivity contribution in [2.75, 3.05) is 5.32 Å². The first-order valence-corrected chi connectivity index (χ1v) is 5.60. The van der Waals surface area contributed by atoms with Gasteiger partial charge in [-0.05, 0) is 24.6 Å². The molecule has 0 spiro atoms. The van der Waals surface area contributed by atoms with Crippen LogP contribution in [-0.2, 0) is 9.59 Å². The van der Waals surface area contributed by atoms with E-state index in [2.05, 4.69) is 15.5 Å². The monoisotopic (exact) mass is 247 g/mol. The van der Waals surface area contributed by atoms with Gasteiger partial charge in [-0.2, -0.15) is 5.10 Å². The van der Waals surface area contributed by atoms with Crippen LogP contribution in [0, 0.1) is 0 Å². The van der Waals surface area contributed by atoms with Crippen LogP contribution in [0.25, 0.3) is 10.9 Å². The zero-order valence-electron chi connectivity index (χ0n) is 9.64. The predicted molar refractivity (Wildman–Crippen MR) is 66.2 cm³/mol. The highest BCUT2D eigenvalue weighted by atomic mass is 16.4. The molecule has 2 rings (SSSR count). The van der Waals surface area contributed by atoms with Crippen LogP contribution >= 0.6 is 0 Å². The number of benzene rings is 1. The number of rotatable bonds is 5. The van der Waals surface area contributed by atoms with Crippen molar-refractivity contribution in [3.05, 3.63) is 24.4 Å². The lowest BCUT2D eigenvalue weighted by atomic mass is 10.2. The number of hydrogen-bond acceptors (Lipinski definition) is 3. The first kappa shape index (κ1) is 12.1. The quantitative estimate of drug-likeness (QED) is 0.750. The van der Waals surface area contributed by atoms with Gasteiger partial charge in [-0.15, -0.1) is 0 Å². The number of nitrogens with one attached hydrogen (secondary N) is 2. The molecule has 0 aliphatic carbocycles. The van der Waals surface area contributed by atoms with Gasteiger partial charge in [0.25, 0.3) is 0 Å². The van der Waals surface area contributed by atoms with Crippen molar-refractivity contribution in [1.29, 1.82) is 0 Å². The van der Waals surface area contributed by atoms with Crippen molar-refractivity contribution in [3.8, 4) is 0 Å². The van der Waals surface area contributed by atoms with E-state index in [4.69, 9.17) is 5.11 Å². The van der Waals surface area contributed by atoms with E-state index < -0.39 is 5.97 Å². The van der Waals surface area contributed by atoms with Gasteiger partial charge in [0.05, 0.1) is 11.7 Å². The van der Waals surface area contributed by atoms with E-state index in [9.17, 15) is 9.59 Å². The Kier molecular flexibility index (Phi) is 3.57. The SMILES string of the molecule is O=C(O)CCCC(=O)Nc1ccc2[nH]ncc2c1. The fourth-order valence-corrected chi connectivity index (χ4v) is 1.64. The third-order valence-corrected chi connectivity index (χ3v) is 2.52. The van der Waals surface area contributed by atoms with Crippen LogP contribution in [0.3, 0.4) is 0 Å². The zero-order chi connectivity index (χ0) is 13.0. The highest BCUT2D eigenvalue weighted by molar-refractivity contribution is 5.93. The van der Waals surface area contributed by atoms with Crippen LogP contribution < -0.4 is 5.32 Å². The Bertz CT molecular complexity index is 577. The first-order valence-electron chi connectivity index (χ1n) is 5.60. The van der Waals surface area contributed by atoms with E-state index >= 15 is 0 Å². The van der Waals surface area contributed by atoms with Crippen molar-refractivity contribution >= 4 is 28.5 Å². The van der Waals surface area contributed by atoms with Crippen molar-refractivity contribution in [3.63, 3.8) is 0 Å². The molecule has 0 saturated heterocycles. The molecule has 3 N–H and O–H groups in total. The molecule has 0 unspecified atom stereocenters. The molecule has 1 amide bonds. The van der Waals surface area contributed by atoms with Gasteiger partial charge in [0.2, 0.25) is 5.91 Å². The zero-order valence-corrected chi connectivity index (χ0v) is 9.64. The van der Waals surface area contributed by atoms with Gasteiger partial charge in [0.1, 0.15) is 0 Å². The maximum atomic E-state index is 11.5. The van der Waals surface area contributed by atoms with Gasteiger partial charge < -0.3 is 10.4 Å². The number of carboxylic acid groups (broad SMARTS) is 1. The molecule has 2 aromatic rings. The van der Waals surface area contributed by atoms with E-state index in [1.165, 1.54) is 0 Å². The fourth-order valence-electron chi connectivity index (χ4n) is 1.64. The molecule has 0 fully saturated rings. The number of aliphatic carboxylic acids is 1. The number of nitrogens with zero attached hydrogens (tertiary/aromatic N) is 1. The molecule has 6 heteroatoms. The summed E-state index contributed by atoms with van der Waals surface area (Å²) in [6, 6.07) is 5.42. The van der Waals surface area contributed by atoms with Crippen LogP contribution in [0.15, 0.2) is 24.4 Å². The summed E-state index contributed by atoms with van der Waals surface area (Å²) < 4.78 is 0. The second-order valence-electron chi connectivity index (χ2n) is 3.97. The Morgan fingerprint density at radius 1 is 1.33 bits per heavy atom. The number of carbonyl (C=O) groups is 2. The Hall–Kier alpha value is -2.37. The number of carboxylic acids is 1. The predicted octanol–water partition coefficient (Wildman–Crippen LogP) is 1.76. The molecule has 0 aliphatic heterocycles. The fraction of sp³-hybridized carbons (Fsp3) is 0.250. The third kappa shape index (κ3) is 3.07. The Morgan fingerprint density at radius 3 is 2.94 bits per heavy atom. The Labute approximate surface area is 103 Å². The summed E-state index contributed by atoms with van der Waals surface area (Å²) >= 11 is 0. The average molecular weight is 247 g/mol. The van der Waals surface area contributed by atoms with Crippen molar-refractivity contribution in [2.24, 2.45) is 0 Å². The van der Waals surface area contributed by atoms with Gasteiger partial charge in [-0.3, -0.25) is 14.7 Å². The average Bonchev–Trinajstić information content (AvgIpc) is 2.75. The van der Waals surface area contributed by atoms with Gasteiger partial charge in [0.15, 0.2) is 0 Å². The van der Waals surface area contributed by atoms with E-state index in [-0.39, 0.29) is 18.7 Å².